The average Bonchev–Trinajstić information content (AvgIpc) is 2.68. The number of hydrogen-bond acceptors (Lipinski definition) is 4. The van der Waals surface area contributed by atoms with E-state index in [1.54, 1.807) is 17.5 Å². The smallest absolute Gasteiger partial charge is 0.149 e. The predicted molar refractivity (Wildman–Crippen MR) is 62.3 cm³/mol. The Hall–Kier alpha value is -1.00. The van der Waals surface area contributed by atoms with Gasteiger partial charge in [-0.15, -0.1) is 21.8 Å². The summed E-state index contributed by atoms with van der Waals surface area (Å²) in [6, 6.07) is 3.91. The van der Waals surface area contributed by atoms with Gasteiger partial charge in [-0.05, 0) is 19.1 Å². The summed E-state index contributed by atoms with van der Waals surface area (Å²) in [5.41, 5.74) is 2.03. The molecule has 0 aliphatic heterocycles. The van der Waals surface area contributed by atoms with E-state index in [-0.39, 0.29) is 0 Å². The normalized spacial score (nSPS) is 10.5. The maximum atomic E-state index is 5.65. The highest BCUT2D eigenvalue weighted by Gasteiger charge is 2.08. The number of halogens is 1. The molecule has 5 heteroatoms. The number of hydrogen-bond donors (Lipinski definition) is 0. The molecule has 0 radical (unpaired) electrons. The van der Waals surface area contributed by atoms with Crippen LogP contribution < -0.4 is 0 Å². The highest BCUT2D eigenvalue weighted by atomic mass is 35.5. The Morgan fingerprint density at radius 2 is 2.27 bits per heavy atom. The highest BCUT2D eigenvalue weighted by molar-refractivity contribution is 7.14. The average molecular weight is 240 g/mol. The van der Waals surface area contributed by atoms with Crippen LogP contribution in [0.15, 0.2) is 18.3 Å². The topological polar surface area (TPSA) is 38.7 Å². The van der Waals surface area contributed by atoms with Gasteiger partial charge < -0.3 is 0 Å². The number of aromatic nitrogens is 3. The molecule has 0 N–H and O–H groups in total. The van der Waals surface area contributed by atoms with Crippen molar-refractivity contribution in [3.05, 3.63) is 29.0 Å². The lowest BCUT2D eigenvalue weighted by Crippen LogP contribution is -1.85. The monoisotopic (exact) mass is 239 g/mol. The maximum Gasteiger partial charge on any atom is 0.149 e. The molecule has 0 unspecified atom stereocenters. The molecule has 0 aliphatic carbocycles. The summed E-state index contributed by atoms with van der Waals surface area (Å²) in [6.45, 7) is 1.97. The first-order valence-corrected chi connectivity index (χ1v) is 5.96. The fourth-order valence-corrected chi connectivity index (χ4v) is 2.46. The second-order valence-corrected chi connectivity index (χ2v) is 4.52. The van der Waals surface area contributed by atoms with Crippen molar-refractivity contribution in [2.24, 2.45) is 0 Å². The van der Waals surface area contributed by atoms with Crippen molar-refractivity contribution in [2.75, 3.05) is 5.88 Å². The number of alkyl halides is 1. The molecule has 0 bridgehead atoms. The third-order valence-corrected chi connectivity index (χ3v) is 3.22. The zero-order valence-corrected chi connectivity index (χ0v) is 9.85. The third-order valence-electron chi connectivity index (χ3n) is 2.01. The quantitative estimate of drug-likeness (QED) is 0.773. The van der Waals surface area contributed by atoms with Crippen LogP contribution in [0, 0.1) is 6.92 Å². The molecule has 0 aromatic carbocycles. The molecule has 2 heterocycles. The Labute approximate surface area is 97.2 Å². The van der Waals surface area contributed by atoms with Gasteiger partial charge in [0, 0.05) is 29.8 Å². The molecule has 0 atom stereocenters. The molecule has 0 saturated heterocycles. The molecule has 0 fully saturated rings. The molecule has 2 rings (SSSR count). The minimum absolute atomic E-state index is 0.584. The van der Waals surface area contributed by atoms with Crippen molar-refractivity contribution in [1.29, 1.82) is 0 Å². The number of nitrogens with zero attached hydrogens (tertiary/aromatic N) is 3. The van der Waals surface area contributed by atoms with E-state index < -0.39 is 0 Å². The van der Waals surface area contributed by atoms with E-state index in [9.17, 15) is 0 Å². The van der Waals surface area contributed by atoms with Crippen molar-refractivity contribution in [2.45, 2.75) is 13.3 Å². The van der Waals surface area contributed by atoms with Gasteiger partial charge in [0.2, 0.25) is 0 Å². The molecule has 15 heavy (non-hydrogen) atoms. The first-order chi connectivity index (χ1) is 7.31. The van der Waals surface area contributed by atoms with Gasteiger partial charge in [-0.1, -0.05) is 11.3 Å². The van der Waals surface area contributed by atoms with Crippen LogP contribution in [-0.2, 0) is 6.42 Å². The predicted octanol–water partition coefficient (Wildman–Crippen LogP) is 2.69. The van der Waals surface area contributed by atoms with Crippen molar-refractivity contribution in [3.63, 3.8) is 0 Å². The highest BCUT2D eigenvalue weighted by Crippen LogP contribution is 2.25. The third kappa shape index (κ3) is 2.33. The van der Waals surface area contributed by atoms with Crippen LogP contribution in [0.4, 0.5) is 0 Å². The van der Waals surface area contributed by atoms with Crippen LogP contribution >= 0.6 is 22.9 Å². The summed E-state index contributed by atoms with van der Waals surface area (Å²) >= 11 is 7.23. The summed E-state index contributed by atoms with van der Waals surface area (Å²) in [4.78, 5) is 4.22. The Balaban J connectivity index is 2.33. The molecule has 78 valence electrons. The Bertz CT molecular complexity index is 455. The molecule has 2 aromatic rings. The van der Waals surface area contributed by atoms with Gasteiger partial charge in [-0.2, -0.15) is 0 Å². The van der Waals surface area contributed by atoms with Crippen LogP contribution in [0.25, 0.3) is 10.6 Å². The summed E-state index contributed by atoms with van der Waals surface area (Å²) in [7, 11) is 0. The van der Waals surface area contributed by atoms with Gasteiger partial charge in [0.1, 0.15) is 10.0 Å². The van der Waals surface area contributed by atoms with Gasteiger partial charge >= 0.3 is 0 Å². The van der Waals surface area contributed by atoms with Gasteiger partial charge in [0.15, 0.2) is 0 Å². The van der Waals surface area contributed by atoms with Crippen molar-refractivity contribution in [3.8, 4) is 10.6 Å². The van der Waals surface area contributed by atoms with Crippen LogP contribution in [0.2, 0.25) is 0 Å². The lowest BCUT2D eigenvalue weighted by Gasteiger charge is -1.97. The SMILES string of the molecule is Cc1ncccc1-c1nnc(CCCl)s1. The molecule has 0 aliphatic rings. The zero-order valence-electron chi connectivity index (χ0n) is 8.27. The van der Waals surface area contributed by atoms with Crippen molar-refractivity contribution < 1.29 is 0 Å². The van der Waals surface area contributed by atoms with E-state index in [2.05, 4.69) is 15.2 Å². The lowest BCUT2D eigenvalue weighted by molar-refractivity contribution is 0.988. The minimum atomic E-state index is 0.584. The summed E-state index contributed by atoms with van der Waals surface area (Å²) in [5.74, 6) is 0.584. The van der Waals surface area contributed by atoms with E-state index in [0.29, 0.717) is 5.88 Å². The van der Waals surface area contributed by atoms with E-state index in [1.165, 1.54) is 0 Å². The van der Waals surface area contributed by atoms with Crippen molar-refractivity contribution in [1.82, 2.24) is 15.2 Å². The van der Waals surface area contributed by atoms with Crippen LogP contribution in [-0.4, -0.2) is 21.1 Å². The fraction of sp³-hybridized carbons (Fsp3) is 0.300. The van der Waals surface area contributed by atoms with Gasteiger partial charge in [0.25, 0.3) is 0 Å². The van der Waals surface area contributed by atoms with Crippen LogP contribution in [0.5, 0.6) is 0 Å². The summed E-state index contributed by atoms with van der Waals surface area (Å²) < 4.78 is 0. The number of aryl methyl sites for hydroxylation is 2. The number of rotatable bonds is 3. The van der Waals surface area contributed by atoms with Gasteiger partial charge in [0.05, 0.1) is 0 Å². The summed E-state index contributed by atoms with van der Waals surface area (Å²) in [6.07, 6.45) is 2.55. The fourth-order valence-electron chi connectivity index (χ4n) is 1.25. The largest absolute Gasteiger partial charge is 0.261 e. The zero-order chi connectivity index (χ0) is 10.7. The van der Waals surface area contributed by atoms with E-state index >= 15 is 0 Å². The maximum absolute atomic E-state index is 5.65. The Morgan fingerprint density at radius 3 is 3.00 bits per heavy atom. The first kappa shape index (κ1) is 10.5. The van der Waals surface area contributed by atoms with Crippen LogP contribution in [0.1, 0.15) is 10.7 Å². The molecular formula is C10H10ClN3S. The standard InChI is InChI=1S/C10H10ClN3S/c1-7-8(3-2-6-12-7)10-14-13-9(15-10)4-5-11/h2-3,6H,4-5H2,1H3. The second-order valence-electron chi connectivity index (χ2n) is 3.08. The molecular weight excluding hydrogens is 230 g/mol. The van der Waals surface area contributed by atoms with E-state index in [1.807, 2.05) is 19.1 Å². The molecule has 0 amide bonds. The van der Waals surface area contributed by atoms with E-state index in [4.69, 9.17) is 11.6 Å². The van der Waals surface area contributed by atoms with E-state index in [0.717, 1.165) is 27.7 Å². The summed E-state index contributed by atoms with van der Waals surface area (Å²) in [5, 5.41) is 10.1. The minimum Gasteiger partial charge on any atom is -0.261 e. The van der Waals surface area contributed by atoms with Gasteiger partial charge in [-0.25, -0.2) is 0 Å². The molecule has 3 nitrogen and oxygen atoms in total. The van der Waals surface area contributed by atoms with Crippen molar-refractivity contribution >= 4 is 22.9 Å². The molecule has 2 aromatic heterocycles. The molecule has 0 saturated carbocycles. The Kier molecular flexibility index (Phi) is 3.28. The number of pyridine rings is 1. The first-order valence-electron chi connectivity index (χ1n) is 4.61. The second kappa shape index (κ2) is 4.68. The Morgan fingerprint density at radius 1 is 1.40 bits per heavy atom. The molecule has 0 spiro atoms. The van der Waals surface area contributed by atoms with Gasteiger partial charge in [-0.3, -0.25) is 4.98 Å². The lowest BCUT2D eigenvalue weighted by atomic mass is 10.2. The van der Waals surface area contributed by atoms with Crippen LogP contribution in [0.3, 0.4) is 0 Å².